The van der Waals surface area contributed by atoms with Crippen molar-refractivity contribution in [1.29, 1.82) is 0 Å². The molecule has 110 valence electrons. The third-order valence-electron chi connectivity index (χ3n) is 3.14. The molecule has 0 aliphatic carbocycles. The summed E-state index contributed by atoms with van der Waals surface area (Å²) in [4.78, 5) is 14.1. The standard InChI is InChI=1S/C14H19ClN2O3/c1-19-7-5-16-14(18)13-10-17(6-8-20-13)12-4-2-3-11(15)9-12/h2-4,9,13H,5-8,10H2,1H3,(H,16,18)/t13-/m0/s1. The van der Waals surface area contributed by atoms with E-state index in [1.165, 1.54) is 0 Å². The van der Waals surface area contributed by atoms with Crippen LogP contribution in [0.25, 0.3) is 0 Å². The van der Waals surface area contributed by atoms with Gasteiger partial charge in [0.2, 0.25) is 0 Å². The smallest absolute Gasteiger partial charge is 0.251 e. The number of anilines is 1. The first-order chi connectivity index (χ1) is 9.70. The van der Waals surface area contributed by atoms with E-state index in [9.17, 15) is 4.79 Å². The average Bonchev–Trinajstić information content (AvgIpc) is 2.47. The Kier molecular flexibility index (Phi) is 5.64. The Hall–Kier alpha value is -1.30. The van der Waals surface area contributed by atoms with E-state index in [4.69, 9.17) is 21.1 Å². The molecule has 1 N–H and O–H groups in total. The van der Waals surface area contributed by atoms with Crippen LogP contribution in [-0.2, 0) is 14.3 Å². The summed E-state index contributed by atoms with van der Waals surface area (Å²) in [5, 5.41) is 3.48. The molecule has 0 saturated carbocycles. The number of methoxy groups -OCH3 is 1. The van der Waals surface area contributed by atoms with Crippen LogP contribution in [0, 0.1) is 0 Å². The molecule has 2 rings (SSSR count). The lowest BCUT2D eigenvalue weighted by atomic mass is 10.2. The number of carbonyl (C=O) groups is 1. The zero-order valence-corrected chi connectivity index (χ0v) is 12.2. The predicted molar refractivity (Wildman–Crippen MR) is 78.3 cm³/mol. The minimum atomic E-state index is -0.459. The van der Waals surface area contributed by atoms with Gasteiger partial charge in [0.15, 0.2) is 6.10 Å². The Labute approximate surface area is 123 Å². The molecule has 1 aliphatic heterocycles. The quantitative estimate of drug-likeness (QED) is 0.833. The summed E-state index contributed by atoms with van der Waals surface area (Å²) in [6.45, 7) is 2.79. The van der Waals surface area contributed by atoms with Gasteiger partial charge in [0.05, 0.1) is 19.8 Å². The minimum absolute atomic E-state index is 0.103. The molecular formula is C14H19ClN2O3. The lowest BCUT2D eigenvalue weighted by Gasteiger charge is -2.33. The van der Waals surface area contributed by atoms with Crippen molar-refractivity contribution >= 4 is 23.2 Å². The fraction of sp³-hybridized carbons (Fsp3) is 0.500. The number of nitrogens with one attached hydrogen (secondary N) is 1. The first-order valence-electron chi connectivity index (χ1n) is 6.59. The first-order valence-corrected chi connectivity index (χ1v) is 6.97. The summed E-state index contributed by atoms with van der Waals surface area (Å²) in [5.41, 5.74) is 1.01. The fourth-order valence-corrected chi connectivity index (χ4v) is 2.29. The van der Waals surface area contributed by atoms with E-state index in [2.05, 4.69) is 10.2 Å². The van der Waals surface area contributed by atoms with Crippen LogP contribution in [0.2, 0.25) is 5.02 Å². The molecule has 0 unspecified atom stereocenters. The van der Waals surface area contributed by atoms with Crippen LogP contribution in [-0.4, -0.2) is 52.0 Å². The highest BCUT2D eigenvalue weighted by atomic mass is 35.5. The van der Waals surface area contributed by atoms with Gasteiger partial charge < -0.3 is 19.7 Å². The highest BCUT2D eigenvalue weighted by molar-refractivity contribution is 6.30. The van der Waals surface area contributed by atoms with Crippen LogP contribution in [0.15, 0.2) is 24.3 Å². The second-order valence-corrected chi connectivity index (χ2v) is 5.01. The van der Waals surface area contributed by atoms with Gasteiger partial charge in [0, 0.05) is 30.9 Å². The number of benzene rings is 1. The number of hydrogen-bond acceptors (Lipinski definition) is 4. The molecule has 0 aromatic heterocycles. The van der Waals surface area contributed by atoms with Gasteiger partial charge in [0.25, 0.3) is 5.91 Å². The zero-order valence-electron chi connectivity index (χ0n) is 11.5. The molecule has 1 saturated heterocycles. The van der Waals surface area contributed by atoms with E-state index in [-0.39, 0.29) is 5.91 Å². The Bertz CT molecular complexity index is 456. The monoisotopic (exact) mass is 298 g/mol. The lowest BCUT2D eigenvalue weighted by molar-refractivity contribution is -0.133. The van der Waals surface area contributed by atoms with Gasteiger partial charge in [-0.15, -0.1) is 0 Å². The van der Waals surface area contributed by atoms with Gasteiger partial charge in [-0.2, -0.15) is 0 Å². The molecule has 0 bridgehead atoms. The van der Waals surface area contributed by atoms with Gasteiger partial charge >= 0.3 is 0 Å². The molecule has 1 atom stereocenters. The highest BCUT2D eigenvalue weighted by Crippen LogP contribution is 2.21. The van der Waals surface area contributed by atoms with Gasteiger partial charge in [0.1, 0.15) is 0 Å². The highest BCUT2D eigenvalue weighted by Gasteiger charge is 2.26. The Morgan fingerprint density at radius 2 is 2.45 bits per heavy atom. The van der Waals surface area contributed by atoms with Crippen LogP contribution in [0.5, 0.6) is 0 Å². The summed E-state index contributed by atoms with van der Waals surface area (Å²) in [6, 6.07) is 7.62. The number of carbonyl (C=O) groups excluding carboxylic acids is 1. The second kappa shape index (κ2) is 7.47. The van der Waals surface area contributed by atoms with E-state index in [0.29, 0.717) is 31.3 Å². The van der Waals surface area contributed by atoms with E-state index in [0.717, 1.165) is 12.2 Å². The topological polar surface area (TPSA) is 50.8 Å². The van der Waals surface area contributed by atoms with E-state index < -0.39 is 6.10 Å². The number of amides is 1. The molecule has 0 spiro atoms. The molecule has 1 aliphatic rings. The van der Waals surface area contributed by atoms with Gasteiger partial charge in [-0.3, -0.25) is 4.79 Å². The Morgan fingerprint density at radius 3 is 3.20 bits per heavy atom. The SMILES string of the molecule is COCCNC(=O)[C@@H]1CN(c2cccc(Cl)c2)CCO1. The van der Waals surface area contributed by atoms with Crippen molar-refractivity contribution in [3.8, 4) is 0 Å². The summed E-state index contributed by atoms with van der Waals surface area (Å²) >= 11 is 6.00. The summed E-state index contributed by atoms with van der Waals surface area (Å²) < 4.78 is 10.4. The van der Waals surface area contributed by atoms with Crippen LogP contribution >= 0.6 is 11.6 Å². The van der Waals surface area contributed by atoms with Gasteiger partial charge in [-0.1, -0.05) is 17.7 Å². The van der Waals surface area contributed by atoms with Crippen molar-refractivity contribution in [3.63, 3.8) is 0 Å². The number of nitrogens with zero attached hydrogens (tertiary/aromatic N) is 1. The normalized spacial score (nSPS) is 18.9. The molecule has 20 heavy (non-hydrogen) atoms. The second-order valence-electron chi connectivity index (χ2n) is 4.57. The van der Waals surface area contributed by atoms with Crippen molar-refractivity contribution in [2.75, 3.05) is 44.9 Å². The van der Waals surface area contributed by atoms with Crippen LogP contribution in [0.1, 0.15) is 0 Å². The molecular weight excluding hydrogens is 280 g/mol. The molecule has 1 aromatic rings. The third kappa shape index (κ3) is 4.10. The number of rotatable bonds is 5. The Balaban J connectivity index is 1.93. The predicted octanol–water partition coefficient (Wildman–Crippen LogP) is 1.31. The molecule has 6 heteroatoms. The van der Waals surface area contributed by atoms with Gasteiger partial charge in [-0.05, 0) is 18.2 Å². The zero-order chi connectivity index (χ0) is 14.4. The van der Waals surface area contributed by atoms with Crippen LogP contribution in [0.4, 0.5) is 5.69 Å². The third-order valence-corrected chi connectivity index (χ3v) is 3.37. The summed E-state index contributed by atoms with van der Waals surface area (Å²) in [5.74, 6) is -0.103. The maximum atomic E-state index is 12.0. The van der Waals surface area contributed by atoms with Crippen molar-refractivity contribution in [2.24, 2.45) is 0 Å². The Morgan fingerprint density at radius 1 is 1.60 bits per heavy atom. The first kappa shape index (κ1) is 15.1. The average molecular weight is 299 g/mol. The summed E-state index contributed by atoms with van der Waals surface area (Å²) in [6.07, 6.45) is -0.459. The molecule has 5 nitrogen and oxygen atoms in total. The van der Waals surface area contributed by atoms with Crippen molar-refractivity contribution in [1.82, 2.24) is 5.32 Å². The van der Waals surface area contributed by atoms with Crippen LogP contribution in [0.3, 0.4) is 0 Å². The lowest BCUT2D eigenvalue weighted by Crippen LogP contribution is -2.50. The van der Waals surface area contributed by atoms with E-state index >= 15 is 0 Å². The maximum Gasteiger partial charge on any atom is 0.251 e. The van der Waals surface area contributed by atoms with E-state index in [1.54, 1.807) is 7.11 Å². The molecule has 1 amide bonds. The summed E-state index contributed by atoms with van der Waals surface area (Å²) in [7, 11) is 1.60. The molecule has 1 fully saturated rings. The molecule has 1 heterocycles. The largest absolute Gasteiger partial charge is 0.383 e. The number of halogens is 1. The number of morpholine rings is 1. The van der Waals surface area contributed by atoms with Crippen molar-refractivity contribution in [2.45, 2.75) is 6.10 Å². The number of hydrogen-bond donors (Lipinski definition) is 1. The van der Waals surface area contributed by atoms with Crippen LogP contribution < -0.4 is 10.2 Å². The molecule has 1 aromatic carbocycles. The van der Waals surface area contributed by atoms with Crippen molar-refractivity contribution < 1.29 is 14.3 Å². The van der Waals surface area contributed by atoms with Gasteiger partial charge in [-0.25, -0.2) is 0 Å². The number of ether oxygens (including phenoxy) is 2. The molecule has 0 radical (unpaired) electrons. The minimum Gasteiger partial charge on any atom is -0.383 e. The van der Waals surface area contributed by atoms with E-state index in [1.807, 2.05) is 24.3 Å². The fourth-order valence-electron chi connectivity index (χ4n) is 2.11. The van der Waals surface area contributed by atoms with Crippen molar-refractivity contribution in [3.05, 3.63) is 29.3 Å². The maximum absolute atomic E-state index is 12.0.